The Morgan fingerprint density at radius 2 is 1.82 bits per heavy atom. The fraction of sp³-hybridized carbons (Fsp3) is 0.533. The van der Waals surface area contributed by atoms with Gasteiger partial charge in [-0.2, -0.15) is 0 Å². The Labute approximate surface area is 256 Å². The van der Waals surface area contributed by atoms with Gasteiger partial charge in [-0.25, -0.2) is 13.2 Å². The zero-order valence-electron chi connectivity index (χ0n) is 24.2. The second kappa shape index (κ2) is 14.7. The number of nitrogens with one attached hydrogen (secondary N) is 2. The van der Waals surface area contributed by atoms with Gasteiger partial charge in [0.15, 0.2) is 6.29 Å². The predicted octanol–water partition coefficient (Wildman–Crippen LogP) is 2.51. The fourth-order valence-corrected chi connectivity index (χ4v) is 7.07. The molecule has 44 heavy (non-hydrogen) atoms. The summed E-state index contributed by atoms with van der Waals surface area (Å²) in [4.78, 5) is 29.9. The lowest BCUT2D eigenvalue weighted by atomic mass is 10.0. The van der Waals surface area contributed by atoms with Crippen LogP contribution in [0.25, 0.3) is 0 Å². The zero-order chi connectivity index (χ0) is 31.1. The van der Waals surface area contributed by atoms with Crippen molar-refractivity contribution in [3.63, 3.8) is 0 Å². The van der Waals surface area contributed by atoms with E-state index in [1.54, 1.807) is 6.07 Å². The second-order valence-electron chi connectivity index (χ2n) is 11.3. The first-order valence-corrected chi connectivity index (χ1v) is 16.3. The van der Waals surface area contributed by atoms with Gasteiger partial charge in [-0.1, -0.05) is 53.7 Å². The van der Waals surface area contributed by atoms with Crippen LogP contribution in [0.3, 0.4) is 0 Å². The number of hydroxylamine groups is 1. The lowest BCUT2D eigenvalue weighted by Gasteiger charge is -2.31. The molecule has 2 aliphatic heterocycles. The molecule has 0 aromatic heterocycles. The number of alkyl carbamates (subject to hydrolysis) is 1. The lowest BCUT2D eigenvalue weighted by Crippen LogP contribution is -2.51. The number of carboxylic acids is 1. The van der Waals surface area contributed by atoms with E-state index < -0.39 is 59.7 Å². The number of nitrogens with zero attached hydrogens (tertiary/aromatic N) is 1. The fourth-order valence-electron chi connectivity index (χ4n) is 5.72. The number of anilines is 1. The largest absolute Gasteiger partial charge is 0.480 e. The van der Waals surface area contributed by atoms with E-state index in [9.17, 15) is 23.1 Å². The molecular weight excluding hydrogens is 594 g/mol. The second-order valence-corrected chi connectivity index (χ2v) is 13.1. The van der Waals surface area contributed by atoms with E-state index >= 15 is 0 Å². The van der Waals surface area contributed by atoms with Crippen LogP contribution in [0.4, 0.5) is 10.5 Å². The van der Waals surface area contributed by atoms with Gasteiger partial charge >= 0.3 is 12.1 Å². The minimum atomic E-state index is -4.32. The van der Waals surface area contributed by atoms with Gasteiger partial charge in [0, 0.05) is 5.69 Å². The van der Waals surface area contributed by atoms with Crippen LogP contribution in [0.15, 0.2) is 59.5 Å². The third kappa shape index (κ3) is 8.25. The van der Waals surface area contributed by atoms with Gasteiger partial charge in [-0.05, 0) is 49.4 Å². The molecule has 13 nitrogen and oxygen atoms in total. The number of sulfonamides is 1. The van der Waals surface area contributed by atoms with Crippen LogP contribution < -0.4 is 10.6 Å². The van der Waals surface area contributed by atoms with Crippen LogP contribution in [0.5, 0.6) is 0 Å². The summed E-state index contributed by atoms with van der Waals surface area (Å²) in [5.74, 6) is -1.17. The zero-order valence-corrected chi connectivity index (χ0v) is 25.1. The number of aliphatic carboxylic acids is 1. The van der Waals surface area contributed by atoms with E-state index in [0.29, 0.717) is 31.6 Å². The molecule has 1 aliphatic carbocycles. The first-order chi connectivity index (χ1) is 21.2. The molecule has 3 fully saturated rings. The molecular formula is C30H39N3O10S. The number of rotatable bonds is 14. The smallest absolute Gasteiger partial charge is 0.407 e. The number of amides is 1. The molecule has 4 N–H and O–H groups in total. The van der Waals surface area contributed by atoms with E-state index in [1.165, 1.54) is 18.2 Å². The molecule has 1 saturated carbocycles. The van der Waals surface area contributed by atoms with Crippen LogP contribution in [-0.2, 0) is 40.3 Å². The van der Waals surface area contributed by atoms with Gasteiger partial charge in [0.2, 0.25) is 0 Å². The average Bonchev–Trinajstić information content (AvgIpc) is 3.77. The van der Waals surface area contributed by atoms with Crippen LogP contribution in [0, 0.1) is 5.92 Å². The molecule has 3 aliphatic rings. The third-order valence-electron chi connectivity index (χ3n) is 8.06. The van der Waals surface area contributed by atoms with Crippen molar-refractivity contribution >= 4 is 27.8 Å². The molecule has 2 saturated heterocycles. The number of benzene rings is 2. The Balaban J connectivity index is 1.34. The van der Waals surface area contributed by atoms with Gasteiger partial charge in [0.05, 0.1) is 48.8 Å². The van der Waals surface area contributed by atoms with E-state index in [0.717, 1.165) is 22.9 Å². The van der Waals surface area contributed by atoms with E-state index in [2.05, 4.69) is 10.6 Å². The topological polar surface area (TPSA) is 173 Å². The number of fused-ring (bicyclic) bond motifs is 1. The number of carbonyl (C=O) groups is 2. The highest BCUT2D eigenvalue weighted by Gasteiger charge is 2.44. The number of hydrogen-bond donors (Lipinski definition) is 4. The average molecular weight is 634 g/mol. The Kier molecular flexibility index (Phi) is 10.7. The van der Waals surface area contributed by atoms with Crippen molar-refractivity contribution in [2.75, 3.05) is 31.6 Å². The van der Waals surface area contributed by atoms with Crippen molar-refractivity contribution in [3.05, 3.63) is 60.2 Å². The summed E-state index contributed by atoms with van der Waals surface area (Å²) in [5, 5.41) is 25.9. The minimum absolute atomic E-state index is 0.0700. The molecule has 0 bridgehead atoms. The molecule has 14 heteroatoms. The summed E-state index contributed by atoms with van der Waals surface area (Å²) in [5.41, 5.74) is 1.11. The molecule has 5 rings (SSSR count). The predicted molar refractivity (Wildman–Crippen MR) is 157 cm³/mol. The number of hydrogen-bond acceptors (Lipinski definition) is 10. The SMILES string of the molecule is O=C(O)CNc1cccc(S(=O)(=O)N(C[C@@H](O)[C@H](Cc2ccccc2)NC(=O)O[C@H]2CO[C@H]3OCC[C@H]32)OC2CCCC2)c1. The van der Waals surface area contributed by atoms with Crippen molar-refractivity contribution in [1.29, 1.82) is 0 Å². The van der Waals surface area contributed by atoms with Gasteiger partial charge < -0.3 is 35.1 Å². The molecule has 2 aromatic rings. The van der Waals surface area contributed by atoms with E-state index in [4.69, 9.17) is 24.2 Å². The van der Waals surface area contributed by atoms with Crippen molar-refractivity contribution in [2.24, 2.45) is 5.92 Å². The van der Waals surface area contributed by atoms with Gasteiger partial charge in [-0.15, -0.1) is 0 Å². The summed E-state index contributed by atoms with van der Waals surface area (Å²) in [6.07, 6.45) is 0.588. The third-order valence-corrected chi connectivity index (χ3v) is 9.68. The summed E-state index contributed by atoms with van der Waals surface area (Å²) < 4.78 is 45.3. The van der Waals surface area contributed by atoms with E-state index in [-0.39, 0.29) is 29.9 Å². The number of carbonyl (C=O) groups excluding carboxylic acids is 1. The number of carboxylic acid groups (broad SMARTS) is 1. The van der Waals surface area contributed by atoms with Crippen molar-refractivity contribution in [2.45, 2.75) is 74.1 Å². The minimum Gasteiger partial charge on any atom is -0.480 e. The van der Waals surface area contributed by atoms with Crippen LogP contribution in [-0.4, -0.2) is 92.1 Å². The maximum absolute atomic E-state index is 13.9. The standard InChI is InChI=1S/C30H39N3O10S/c34-26(25(15-20-7-2-1-3-8-20)32-30(37)42-27-19-41-29-24(27)13-14-40-29)18-33(43-22-10-4-5-11-22)44(38,39)23-12-6-9-21(16-23)31-17-28(35)36/h1-3,6-9,12,16,22,24-27,29,31,34H,4-5,10-11,13-15,17-19H2,(H,32,37)(H,35,36)/t24-,25-,26+,27-,29+/m0/s1. The highest BCUT2D eigenvalue weighted by Crippen LogP contribution is 2.33. The monoisotopic (exact) mass is 633 g/mol. The number of aliphatic hydroxyl groups excluding tert-OH is 1. The number of aliphatic hydroxyl groups is 1. The normalized spacial score (nSPS) is 23.3. The van der Waals surface area contributed by atoms with Crippen molar-refractivity contribution in [1.82, 2.24) is 9.79 Å². The van der Waals surface area contributed by atoms with Crippen LogP contribution in [0.2, 0.25) is 0 Å². The van der Waals surface area contributed by atoms with E-state index in [1.807, 2.05) is 30.3 Å². The molecule has 0 unspecified atom stereocenters. The maximum Gasteiger partial charge on any atom is 0.407 e. The van der Waals surface area contributed by atoms with Crippen molar-refractivity contribution in [3.8, 4) is 0 Å². The summed E-state index contributed by atoms with van der Waals surface area (Å²) in [7, 11) is -4.32. The summed E-state index contributed by atoms with van der Waals surface area (Å²) in [6, 6.07) is 14.0. The van der Waals surface area contributed by atoms with Gasteiger partial charge in [0.25, 0.3) is 10.0 Å². The van der Waals surface area contributed by atoms with Gasteiger partial charge in [0.1, 0.15) is 12.6 Å². The molecule has 2 aromatic carbocycles. The van der Waals surface area contributed by atoms with Crippen LogP contribution >= 0.6 is 0 Å². The Bertz CT molecular complexity index is 1370. The van der Waals surface area contributed by atoms with Gasteiger partial charge in [-0.3, -0.25) is 9.63 Å². The highest BCUT2D eigenvalue weighted by atomic mass is 32.2. The highest BCUT2D eigenvalue weighted by molar-refractivity contribution is 7.89. The summed E-state index contributed by atoms with van der Waals surface area (Å²) in [6.45, 7) is -0.143. The molecule has 0 spiro atoms. The van der Waals surface area contributed by atoms with Crippen LogP contribution in [0.1, 0.15) is 37.7 Å². The maximum atomic E-state index is 13.9. The molecule has 5 atom stereocenters. The molecule has 2 heterocycles. The lowest BCUT2D eigenvalue weighted by molar-refractivity contribution is -0.145. The molecule has 240 valence electrons. The molecule has 0 radical (unpaired) electrons. The Morgan fingerprint density at radius 1 is 1.05 bits per heavy atom. The first-order valence-electron chi connectivity index (χ1n) is 14.9. The Morgan fingerprint density at radius 3 is 2.57 bits per heavy atom. The number of ether oxygens (including phenoxy) is 3. The quantitative estimate of drug-likeness (QED) is 0.225. The Hall–Kier alpha value is -3.27. The summed E-state index contributed by atoms with van der Waals surface area (Å²) >= 11 is 0. The molecule has 1 amide bonds. The van der Waals surface area contributed by atoms with Crippen molar-refractivity contribution < 1.29 is 47.3 Å². The first kappa shape index (κ1) is 32.1.